The van der Waals surface area contributed by atoms with Gasteiger partial charge in [-0.2, -0.15) is 0 Å². The lowest BCUT2D eigenvalue weighted by Crippen LogP contribution is -2.20. The topological polar surface area (TPSA) is 55.4 Å². The number of nitrogens with one attached hydrogen (secondary N) is 1. The Kier molecular flexibility index (Phi) is 6.38. The summed E-state index contributed by atoms with van der Waals surface area (Å²) in [6.45, 7) is 3.39. The summed E-state index contributed by atoms with van der Waals surface area (Å²) in [6, 6.07) is 12.7. The van der Waals surface area contributed by atoms with Crippen LogP contribution in [-0.4, -0.2) is 18.3 Å². The normalized spacial score (nSPS) is 10.3. The molecule has 1 amide bonds. The van der Waals surface area contributed by atoms with Crippen LogP contribution in [0.5, 0.6) is 5.75 Å². The molecule has 0 aliphatic carbocycles. The molecule has 2 aromatic rings. The second-order valence-electron chi connectivity index (χ2n) is 5.64. The molecule has 0 bridgehead atoms. The van der Waals surface area contributed by atoms with E-state index >= 15 is 0 Å². The van der Waals surface area contributed by atoms with Crippen molar-refractivity contribution < 1.29 is 14.3 Å². The Bertz CT molecular complexity index is 726. The van der Waals surface area contributed by atoms with Crippen LogP contribution in [0.4, 0.5) is 5.69 Å². The molecule has 0 fully saturated rings. The molecule has 0 aliphatic rings. The number of rotatable bonds is 7. The van der Waals surface area contributed by atoms with E-state index in [0.29, 0.717) is 29.3 Å². The quantitative estimate of drug-likeness (QED) is 0.818. The van der Waals surface area contributed by atoms with Crippen LogP contribution in [0.3, 0.4) is 0 Å². The summed E-state index contributed by atoms with van der Waals surface area (Å²) in [5.74, 6) is 0.531. The lowest BCUT2D eigenvalue weighted by atomic mass is 10.1. The van der Waals surface area contributed by atoms with Crippen LogP contribution in [-0.2, 0) is 16.0 Å². The van der Waals surface area contributed by atoms with E-state index in [-0.39, 0.29) is 18.3 Å². The number of ether oxygens (including phenoxy) is 1. The number of ketones is 1. The van der Waals surface area contributed by atoms with Gasteiger partial charge in [-0.3, -0.25) is 4.79 Å². The van der Waals surface area contributed by atoms with Crippen molar-refractivity contribution in [3.8, 4) is 5.75 Å². The fraction of sp³-hybridized carbons (Fsp3) is 0.263. The van der Waals surface area contributed by atoms with Crippen molar-refractivity contribution >= 4 is 29.0 Å². The highest BCUT2D eigenvalue weighted by Crippen LogP contribution is 2.20. The van der Waals surface area contributed by atoms with Crippen molar-refractivity contribution in [3.05, 3.63) is 58.6 Å². The number of hydrogen-bond acceptors (Lipinski definition) is 3. The first-order valence-electron chi connectivity index (χ1n) is 7.71. The van der Waals surface area contributed by atoms with E-state index < -0.39 is 0 Å². The van der Waals surface area contributed by atoms with E-state index in [2.05, 4.69) is 5.32 Å². The first kappa shape index (κ1) is 18.0. The smallest absolute Gasteiger partial charge is 0.262 e. The van der Waals surface area contributed by atoms with Gasteiger partial charge in [-0.15, -0.1) is 0 Å². The van der Waals surface area contributed by atoms with Gasteiger partial charge in [0.25, 0.3) is 5.91 Å². The molecule has 0 heterocycles. The Labute approximate surface area is 146 Å². The summed E-state index contributed by atoms with van der Waals surface area (Å²) in [5.41, 5.74) is 2.68. The van der Waals surface area contributed by atoms with Crippen LogP contribution < -0.4 is 10.1 Å². The van der Waals surface area contributed by atoms with E-state index in [0.717, 1.165) is 11.1 Å². The van der Waals surface area contributed by atoms with Gasteiger partial charge < -0.3 is 14.8 Å². The molecule has 0 saturated heterocycles. The molecule has 1 N–H and O–H groups in total. The Balaban J connectivity index is 1.85. The molecule has 0 unspecified atom stereocenters. The highest BCUT2D eigenvalue weighted by Gasteiger charge is 2.07. The third kappa shape index (κ3) is 5.70. The van der Waals surface area contributed by atoms with Crippen LogP contribution in [0.2, 0.25) is 5.02 Å². The maximum absolute atomic E-state index is 12.0. The molecule has 0 aliphatic heterocycles. The third-order valence-corrected chi connectivity index (χ3v) is 3.77. The van der Waals surface area contributed by atoms with Gasteiger partial charge in [0, 0.05) is 17.1 Å². The van der Waals surface area contributed by atoms with Crippen LogP contribution in [0.1, 0.15) is 24.5 Å². The number of aryl methyl sites for hydroxylation is 2. The number of benzene rings is 2. The third-order valence-electron chi connectivity index (χ3n) is 3.53. The summed E-state index contributed by atoms with van der Waals surface area (Å²) in [4.78, 5) is 23.0. The van der Waals surface area contributed by atoms with Crippen molar-refractivity contribution in [1.29, 1.82) is 0 Å². The predicted octanol–water partition coefficient (Wildman–Crippen LogP) is 4.19. The summed E-state index contributed by atoms with van der Waals surface area (Å²) >= 11 is 5.93. The first-order chi connectivity index (χ1) is 11.4. The van der Waals surface area contributed by atoms with Crippen molar-refractivity contribution in [2.45, 2.75) is 26.7 Å². The maximum atomic E-state index is 12.0. The molecule has 5 heteroatoms. The van der Waals surface area contributed by atoms with Crippen molar-refractivity contribution in [3.63, 3.8) is 0 Å². The minimum atomic E-state index is -0.249. The van der Waals surface area contributed by atoms with Crippen LogP contribution in [0.15, 0.2) is 42.5 Å². The fourth-order valence-electron chi connectivity index (χ4n) is 2.14. The van der Waals surface area contributed by atoms with E-state index in [1.165, 1.54) is 0 Å². The molecular weight excluding hydrogens is 326 g/mol. The SMILES string of the molecule is CC(=O)CCc1ccc(OCC(=O)Nc2cc(Cl)ccc2C)cc1. The zero-order valence-corrected chi connectivity index (χ0v) is 14.5. The Morgan fingerprint density at radius 3 is 2.50 bits per heavy atom. The number of carbonyl (C=O) groups is 2. The molecule has 0 radical (unpaired) electrons. The maximum Gasteiger partial charge on any atom is 0.262 e. The van der Waals surface area contributed by atoms with E-state index in [9.17, 15) is 9.59 Å². The average molecular weight is 346 g/mol. The zero-order valence-electron chi connectivity index (χ0n) is 13.8. The van der Waals surface area contributed by atoms with Gasteiger partial charge in [0.15, 0.2) is 6.61 Å². The standard InChI is InChI=1S/C19H20ClNO3/c1-13-3-8-16(20)11-18(13)21-19(23)12-24-17-9-6-15(7-10-17)5-4-14(2)22/h3,6-11H,4-5,12H2,1-2H3,(H,21,23). The molecule has 0 saturated carbocycles. The van der Waals surface area contributed by atoms with Gasteiger partial charge in [-0.25, -0.2) is 0 Å². The molecule has 0 atom stereocenters. The zero-order chi connectivity index (χ0) is 17.5. The highest BCUT2D eigenvalue weighted by molar-refractivity contribution is 6.31. The van der Waals surface area contributed by atoms with Gasteiger partial charge in [0.2, 0.25) is 0 Å². The lowest BCUT2D eigenvalue weighted by molar-refractivity contribution is -0.118. The predicted molar refractivity (Wildman–Crippen MR) is 95.8 cm³/mol. The van der Waals surface area contributed by atoms with Crippen molar-refractivity contribution in [1.82, 2.24) is 0 Å². The molecule has 126 valence electrons. The average Bonchev–Trinajstić information content (AvgIpc) is 2.55. The van der Waals surface area contributed by atoms with E-state index in [1.807, 2.05) is 25.1 Å². The fourth-order valence-corrected chi connectivity index (χ4v) is 2.31. The number of hydrogen-bond donors (Lipinski definition) is 1. The number of halogens is 1. The lowest BCUT2D eigenvalue weighted by Gasteiger charge is -2.10. The summed E-state index contributed by atoms with van der Waals surface area (Å²) < 4.78 is 5.48. The van der Waals surface area contributed by atoms with E-state index in [1.54, 1.807) is 31.2 Å². The number of Topliss-reactive ketones (excluding diaryl/α,β-unsaturated/α-hetero) is 1. The van der Waals surface area contributed by atoms with E-state index in [4.69, 9.17) is 16.3 Å². The van der Waals surface area contributed by atoms with Gasteiger partial charge in [-0.1, -0.05) is 29.8 Å². The molecule has 2 rings (SSSR count). The summed E-state index contributed by atoms with van der Waals surface area (Å²) in [5, 5.41) is 3.35. The molecule has 24 heavy (non-hydrogen) atoms. The molecule has 2 aromatic carbocycles. The first-order valence-corrected chi connectivity index (χ1v) is 8.09. The molecular formula is C19H20ClNO3. The highest BCUT2D eigenvalue weighted by atomic mass is 35.5. The number of anilines is 1. The molecule has 0 aromatic heterocycles. The second-order valence-corrected chi connectivity index (χ2v) is 6.08. The van der Waals surface area contributed by atoms with Crippen LogP contribution in [0.25, 0.3) is 0 Å². The van der Waals surface area contributed by atoms with Gasteiger partial charge in [-0.05, 0) is 55.7 Å². The number of amides is 1. The molecule has 0 spiro atoms. The Hall–Kier alpha value is -2.33. The van der Waals surface area contributed by atoms with Gasteiger partial charge >= 0.3 is 0 Å². The van der Waals surface area contributed by atoms with Crippen molar-refractivity contribution in [2.24, 2.45) is 0 Å². The minimum absolute atomic E-state index is 0.0846. The Morgan fingerprint density at radius 1 is 1.12 bits per heavy atom. The number of carbonyl (C=O) groups excluding carboxylic acids is 2. The van der Waals surface area contributed by atoms with Crippen LogP contribution >= 0.6 is 11.6 Å². The van der Waals surface area contributed by atoms with Gasteiger partial charge in [0.05, 0.1) is 0 Å². The van der Waals surface area contributed by atoms with Gasteiger partial charge in [0.1, 0.15) is 11.5 Å². The van der Waals surface area contributed by atoms with Crippen LogP contribution in [0, 0.1) is 6.92 Å². The monoisotopic (exact) mass is 345 g/mol. The summed E-state index contributed by atoms with van der Waals surface area (Å²) in [7, 11) is 0. The molecule has 4 nitrogen and oxygen atoms in total. The largest absolute Gasteiger partial charge is 0.484 e. The minimum Gasteiger partial charge on any atom is -0.484 e. The Morgan fingerprint density at radius 2 is 1.83 bits per heavy atom. The van der Waals surface area contributed by atoms with Crippen molar-refractivity contribution in [2.75, 3.05) is 11.9 Å². The summed E-state index contributed by atoms with van der Waals surface area (Å²) in [6.07, 6.45) is 1.24. The second kappa shape index (κ2) is 8.50.